The van der Waals surface area contributed by atoms with E-state index in [0.717, 1.165) is 17.1 Å². The largest absolute Gasteiger partial charge is 0.439 e. The van der Waals surface area contributed by atoms with Crippen LogP contribution >= 0.6 is 11.8 Å². The third-order valence-corrected chi connectivity index (χ3v) is 3.21. The van der Waals surface area contributed by atoms with Gasteiger partial charge in [-0.1, -0.05) is 29.5 Å². The van der Waals surface area contributed by atoms with Crippen molar-refractivity contribution in [3.63, 3.8) is 0 Å². The lowest BCUT2D eigenvalue weighted by Crippen LogP contribution is -1.98. The monoisotopic (exact) mass is 275 g/mol. The Morgan fingerprint density at radius 3 is 2.58 bits per heavy atom. The average molecular weight is 275 g/mol. The third-order valence-electron chi connectivity index (χ3n) is 2.67. The second-order valence-electron chi connectivity index (χ2n) is 4.20. The van der Waals surface area contributed by atoms with Gasteiger partial charge in [0.1, 0.15) is 11.6 Å². The Morgan fingerprint density at radius 1 is 1.16 bits per heavy atom. The van der Waals surface area contributed by atoms with Gasteiger partial charge in [-0.3, -0.25) is 0 Å². The molecule has 1 heterocycles. The first kappa shape index (κ1) is 13.7. The maximum absolute atomic E-state index is 5.84. The molecule has 0 aliphatic carbocycles. The fourth-order valence-corrected chi connectivity index (χ4v) is 2.07. The third kappa shape index (κ3) is 3.38. The number of nitrogens with one attached hydrogen (secondary N) is 1. The summed E-state index contributed by atoms with van der Waals surface area (Å²) < 4.78 is 5.84. The highest BCUT2D eigenvalue weighted by molar-refractivity contribution is 7.98. The Balaban J connectivity index is 2.31. The predicted molar refractivity (Wildman–Crippen MR) is 79.3 cm³/mol. The molecule has 1 N–H and O–H groups in total. The highest BCUT2D eigenvalue weighted by Crippen LogP contribution is 2.27. The second-order valence-corrected chi connectivity index (χ2v) is 4.97. The van der Waals surface area contributed by atoms with Gasteiger partial charge in [-0.05, 0) is 31.7 Å². The Bertz CT molecular complexity index is 565. The lowest BCUT2D eigenvalue weighted by Gasteiger charge is -2.10. The number of hydrogen-bond donors (Lipinski definition) is 1. The number of ether oxygens (including phenoxy) is 1. The van der Waals surface area contributed by atoms with E-state index in [1.165, 1.54) is 17.3 Å². The molecule has 0 aliphatic heterocycles. The molecule has 2 rings (SSSR count). The minimum atomic E-state index is 0.552. The van der Waals surface area contributed by atoms with Gasteiger partial charge in [0, 0.05) is 13.1 Å². The average Bonchev–Trinajstić information content (AvgIpc) is 2.41. The summed E-state index contributed by atoms with van der Waals surface area (Å²) in [6.07, 6.45) is 1.94. The smallest absolute Gasteiger partial charge is 0.225 e. The topological polar surface area (TPSA) is 47.0 Å². The van der Waals surface area contributed by atoms with Crippen molar-refractivity contribution < 1.29 is 4.74 Å². The van der Waals surface area contributed by atoms with E-state index >= 15 is 0 Å². The van der Waals surface area contributed by atoms with Crippen molar-refractivity contribution in [2.75, 3.05) is 18.6 Å². The molecular weight excluding hydrogens is 258 g/mol. The fraction of sp³-hybridized carbons (Fsp3) is 0.286. The van der Waals surface area contributed by atoms with Crippen molar-refractivity contribution in [2.24, 2.45) is 0 Å². The molecule has 0 saturated carbocycles. The number of anilines is 1. The van der Waals surface area contributed by atoms with E-state index in [-0.39, 0.29) is 0 Å². The van der Waals surface area contributed by atoms with Crippen LogP contribution < -0.4 is 10.1 Å². The maximum atomic E-state index is 5.84. The number of nitrogens with zero attached hydrogens (tertiary/aromatic N) is 2. The Kier molecular flexibility index (Phi) is 4.27. The van der Waals surface area contributed by atoms with Crippen LogP contribution in [0.5, 0.6) is 11.6 Å². The zero-order valence-electron chi connectivity index (χ0n) is 11.5. The van der Waals surface area contributed by atoms with Gasteiger partial charge in [-0.25, -0.2) is 4.98 Å². The van der Waals surface area contributed by atoms with E-state index in [1.807, 2.05) is 32.4 Å². The van der Waals surface area contributed by atoms with Gasteiger partial charge >= 0.3 is 0 Å². The molecule has 0 amide bonds. The van der Waals surface area contributed by atoms with Crippen molar-refractivity contribution in [2.45, 2.75) is 19.0 Å². The van der Waals surface area contributed by atoms with Gasteiger partial charge in [-0.15, -0.1) is 0 Å². The summed E-state index contributed by atoms with van der Waals surface area (Å²) >= 11 is 1.49. The molecule has 0 radical (unpaired) electrons. The van der Waals surface area contributed by atoms with Gasteiger partial charge in [0.25, 0.3) is 0 Å². The number of aryl methyl sites for hydroxylation is 2. The van der Waals surface area contributed by atoms with E-state index in [2.05, 4.69) is 28.3 Å². The molecule has 5 heteroatoms. The number of thioether (sulfide) groups is 1. The quantitative estimate of drug-likeness (QED) is 0.681. The van der Waals surface area contributed by atoms with Crippen LogP contribution in [0.4, 0.5) is 5.82 Å². The first-order chi connectivity index (χ1) is 9.12. The Morgan fingerprint density at radius 2 is 1.95 bits per heavy atom. The fourth-order valence-electron chi connectivity index (χ4n) is 1.70. The Labute approximate surface area is 117 Å². The van der Waals surface area contributed by atoms with Gasteiger partial charge in [0.15, 0.2) is 5.16 Å². The summed E-state index contributed by atoms with van der Waals surface area (Å²) in [5.41, 5.74) is 2.31. The minimum absolute atomic E-state index is 0.552. The van der Waals surface area contributed by atoms with Crippen molar-refractivity contribution >= 4 is 17.6 Å². The van der Waals surface area contributed by atoms with Crippen molar-refractivity contribution in [1.29, 1.82) is 0 Å². The zero-order chi connectivity index (χ0) is 13.8. The molecule has 100 valence electrons. The van der Waals surface area contributed by atoms with Crippen molar-refractivity contribution in [3.8, 4) is 11.6 Å². The summed E-state index contributed by atoms with van der Waals surface area (Å²) in [5.74, 6) is 2.12. The van der Waals surface area contributed by atoms with Gasteiger partial charge < -0.3 is 10.1 Å². The number of rotatable bonds is 4. The molecule has 1 aromatic heterocycles. The molecule has 0 saturated heterocycles. The summed E-state index contributed by atoms with van der Waals surface area (Å²) in [6, 6.07) is 7.87. The zero-order valence-corrected chi connectivity index (χ0v) is 12.3. The number of aromatic nitrogens is 2. The highest BCUT2D eigenvalue weighted by Gasteiger charge is 2.07. The molecule has 19 heavy (non-hydrogen) atoms. The van der Waals surface area contributed by atoms with Crippen molar-refractivity contribution in [1.82, 2.24) is 9.97 Å². The van der Waals surface area contributed by atoms with Crippen LogP contribution in [0.2, 0.25) is 0 Å². The molecule has 1 aromatic carbocycles. The Hall–Kier alpha value is -1.75. The molecule has 0 fully saturated rings. The van der Waals surface area contributed by atoms with E-state index in [0.29, 0.717) is 11.0 Å². The van der Waals surface area contributed by atoms with Gasteiger partial charge in [0.2, 0.25) is 5.88 Å². The second kappa shape index (κ2) is 5.93. The van der Waals surface area contributed by atoms with E-state index in [9.17, 15) is 0 Å². The molecule has 0 atom stereocenters. The van der Waals surface area contributed by atoms with Crippen LogP contribution in [-0.4, -0.2) is 23.3 Å². The molecular formula is C14H17N3OS. The lowest BCUT2D eigenvalue weighted by atomic mass is 10.1. The summed E-state index contributed by atoms with van der Waals surface area (Å²) in [6.45, 7) is 4.09. The number of hydrogen-bond acceptors (Lipinski definition) is 5. The molecule has 0 unspecified atom stereocenters. The van der Waals surface area contributed by atoms with E-state index < -0.39 is 0 Å². The maximum Gasteiger partial charge on any atom is 0.225 e. The van der Waals surface area contributed by atoms with Gasteiger partial charge in [0.05, 0.1) is 0 Å². The molecule has 4 nitrogen and oxygen atoms in total. The normalized spacial score (nSPS) is 10.3. The van der Waals surface area contributed by atoms with Crippen LogP contribution in [-0.2, 0) is 0 Å². The van der Waals surface area contributed by atoms with Crippen LogP contribution in [0.25, 0.3) is 0 Å². The van der Waals surface area contributed by atoms with Crippen molar-refractivity contribution in [3.05, 3.63) is 35.4 Å². The molecule has 0 spiro atoms. The molecule has 0 aliphatic rings. The predicted octanol–water partition coefficient (Wildman–Crippen LogP) is 3.65. The van der Waals surface area contributed by atoms with Crippen LogP contribution in [0.1, 0.15) is 11.1 Å². The SMILES string of the molecule is CNc1cc(Oc2ccc(C)cc2C)nc(SC)n1. The van der Waals surface area contributed by atoms with Crippen LogP contribution in [0.3, 0.4) is 0 Å². The summed E-state index contributed by atoms with van der Waals surface area (Å²) in [4.78, 5) is 8.66. The first-order valence-corrected chi connectivity index (χ1v) is 7.21. The van der Waals surface area contributed by atoms with Crippen LogP contribution in [0.15, 0.2) is 29.4 Å². The highest BCUT2D eigenvalue weighted by atomic mass is 32.2. The van der Waals surface area contributed by atoms with Gasteiger partial charge in [-0.2, -0.15) is 4.98 Å². The molecule has 2 aromatic rings. The van der Waals surface area contributed by atoms with E-state index in [4.69, 9.17) is 4.74 Å². The first-order valence-electron chi connectivity index (χ1n) is 5.98. The standard InChI is InChI=1S/C14H17N3OS/c1-9-5-6-11(10(2)7-9)18-13-8-12(15-3)16-14(17-13)19-4/h5-8H,1-4H3,(H,15,16,17). The van der Waals surface area contributed by atoms with Crippen LogP contribution in [0, 0.1) is 13.8 Å². The summed E-state index contributed by atoms with van der Waals surface area (Å²) in [5, 5.41) is 3.69. The van der Waals surface area contributed by atoms with E-state index in [1.54, 1.807) is 6.07 Å². The number of benzene rings is 1. The lowest BCUT2D eigenvalue weighted by molar-refractivity contribution is 0.452. The minimum Gasteiger partial charge on any atom is -0.439 e. The molecule has 0 bridgehead atoms. The summed E-state index contributed by atoms with van der Waals surface area (Å²) in [7, 11) is 1.83.